The first-order chi connectivity index (χ1) is 9.90. The number of hydrogen-bond donors (Lipinski definition) is 1. The Kier molecular flexibility index (Phi) is 5.36. The minimum absolute atomic E-state index is 0.133. The quantitative estimate of drug-likeness (QED) is 0.738. The third kappa shape index (κ3) is 4.50. The van der Waals surface area contributed by atoms with Crippen molar-refractivity contribution in [3.8, 4) is 0 Å². The van der Waals surface area contributed by atoms with E-state index in [2.05, 4.69) is 10.3 Å². The van der Waals surface area contributed by atoms with Crippen LogP contribution in [0.5, 0.6) is 0 Å². The molecule has 1 saturated carbocycles. The summed E-state index contributed by atoms with van der Waals surface area (Å²) in [5, 5.41) is 3.02. The molecule has 0 saturated heterocycles. The number of anilines is 1. The average Bonchev–Trinajstić information content (AvgIpc) is 2.44. The van der Waals surface area contributed by atoms with Gasteiger partial charge in [-0.3, -0.25) is 0 Å². The zero-order valence-corrected chi connectivity index (χ0v) is 12.8. The summed E-state index contributed by atoms with van der Waals surface area (Å²) in [5.74, 6) is 0.714. The molecule has 2 nitrogen and oxygen atoms in total. The van der Waals surface area contributed by atoms with E-state index < -0.39 is 11.7 Å². The Hall–Kier alpha value is -0.970. The molecule has 1 aromatic rings. The Bertz CT molecular complexity index is 470. The number of aromatic nitrogens is 1. The van der Waals surface area contributed by atoms with Crippen molar-refractivity contribution in [2.24, 2.45) is 5.92 Å². The molecule has 1 N–H and O–H groups in total. The predicted molar refractivity (Wildman–Crippen MR) is 78.5 cm³/mol. The molecule has 21 heavy (non-hydrogen) atoms. The van der Waals surface area contributed by atoms with Gasteiger partial charge in [0.05, 0.1) is 5.56 Å². The van der Waals surface area contributed by atoms with E-state index in [0.717, 1.165) is 31.4 Å². The van der Waals surface area contributed by atoms with Crippen LogP contribution < -0.4 is 5.32 Å². The highest BCUT2D eigenvalue weighted by Gasteiger charge is 2.32. The summed E-state index contributed by atoms with van der Waals surface area (Å²) in [6, 6.07) is 2.04. The maximum atomic E-state index is 12.8. The van der Waals surface area contributed by atoms with Crippen molar-refractivity contribution in [1.82, 2.24) is 4.98 Å². The number of halogens is 4. The Labute approximate surface area is 128 Å². The van der Waals surface area contributed by atoms with E-state index in [1.807, 2.05) is 6.92 Å². The smallest absolute Gasteiger partial charge is 0.367 e. The van der Waals surface area contributed by atoms with Gasteiger partial charge in [-0.15, -0.1) is 0 Å². The fourth-order valence-electron chi connectivity index (χ4n) is 3.01. The van der Waals surface area contributed by atoms with E-state index in [1.54, 1.807) is 0 Å². The van der Waals surface area contributed by atoms with E-state index in [-0.39, 0.29) is 17.0 Å². The fourth-order valence-corrected chi connectivity index (χ4v) is 3.22. The number of pyridine rings is 1. The van der Waals surface area contributed by atoms with Crippen LogP contribution in [0.4, 0.5) is 19.0 Å². The Morgan fingerprint density at radius 1 is 1.29 bits per heavy atom. The lowest BCUT2D eigenvalue weighted by Crippen LogP contribution is -2.30. The van der Waals surface area contributed by atoms with Gasteiger partial charge in [0.1, 0.15) is 11.0 Å². The van der Waals surface area contributed by atoms with E-state index in [9.17, 15) is 13.2 Å². The maximum absolute atomic E-state index is 12.8. The molecular formula is C15H20ClF3N2. The van der Waals surface area contributed by atoms with Gasteiger partial charge < -0.3 is 5.32 Å². The third-order valence-electron chi connectivity index (χ3n) is 4.11. The van der Waals surface area contributed by atoms with Crippen LogP contribution in [0.1, 0.15) is 51.0 Å². The first-order valence-electron chi connectivity index (χ1n) is 7.41. The topological polar surface area (TPSA) is 24.9 Å². The molecule has 1 aliphatic rings. The fraction of sp³-hybridized carbons (Fsp3) is 0.667. The van der Waals surface area contributed by atoms with Gasteiger partial charge in [0.25, 0.3) is 0 Å². The highest BCUT2D eigenvalue weighted by atomic mass is 35.5. The molecule has 1 heterocycles. The van der Waals surface area contributed by atoms with E-state index >= 15 is 0 Å². The first-order valence-corrected chi connectivity index (χ1v) is 7.79. The van der Waals surface area contributed by atoms with Crippen LogP contribution in [0, 0.1) is 5.92 Å². The highest BCUT2D eigenvalue weighted by molar-refractivity contribution is 6.29. The van der Waals surface area contributed by atoms with Crippen molar-refractivity contribution in [3.63, 3.8) is 0 Å². The molecule has 1 fully saturated rings. The number of nitrogens with zero attached hydrogens (tertiary/aromatic N) is 1. The predicted octanol–water partition coefficient (Wildman–Crippen LogP) is 5.52. The molecule has 118 valence electrons. The number of rotatable bonds is 4. The average molecular weight is 321 g/mol. The van der Waals surface area contributed by atoms with E-state index in [4.69, 9.17) is 11.6 Å². The van der Waals surface area contributed by atoms with Crippen molar-refractivity contribution in [3.05, 3.63) is 22.8 Å². The molecule has 6 heteroatoms. The molecule has 0 aliphatic heterocycles. The SMILES string of the molecule is CCC(Nc1cc(C(F)(F)F)cc(Cl)n1)C1CCCCC1. The molecular weight excluding hydrogens is 301 g/mol. The third-order valence-corrected chi connectivity index (χ3v) is 4.31. The van der Waals surface area contributed by atoms with Crippen molar-refractivity contribution < 1.29 is 13.2 Å². The van der Waals surface area contributed by atoms with Crippen molar-refractivity contribution in [1.29, 1.82) is 0 Å². The summed E-state index contributed by atoms with van der Waals surface area (Å²) in [6.45, 7) is 2.04. The second-order valence-corrected chi connectivity index (χ2v) is 6.01. The summed E-state index contributed by atoms with van der Waals surface area (Å²) in [5.41, 5.74) is -0.761. The van der Waals surface area contributed by atoms with Gasteiger partial charge in [-0.2, -0.15) is 13.2 Å². The van der Waals surface area contributed by atoms with Gasteiger partial charge >= 0.3 is 6.18 Å². The standard InChI is InChI=1S/C15H20ClF3N2/c1-2-12(10-6-4-3-5-7-10)20-14-9-11(15(17,18)19)8-13(16)21-14/h8-10,12H,2-7H2,1H3,(H,20,21). The van der Waals surface area contributed by atoms with Gasteiger partial charge in [0.2, 0.25) is 0 Å². The summed E-state index contributed by atoms with van der Waals surface area (Å²) < 4.78 is 38.4. The van der Waals surface area contributed by atoms with Crippen molar-refractivity contribution in [2.75, 3.05) is 5.32 Å². The number of hydrogen-bond acceptors (Lipinski definition) is 2. The van der Waals surface area contributed by atoms with Gasteiger partial charge in [-0.1, -0.05) is 37.8 Å². The van der Waals surface area contributed by atoms with Gasteiger partial charge in [0.15, 0.2) is 0 Å². The molecule has 0 amide bonds. The second-order valence-electron chi connectivity index (χ2n) is 5.62. The summed E-state index contributed by atoms with van der Waals surface area (Å²) >= 11 is 5.72. The van der Waals surface area contributed by atoms with Crippen LogP contribution in [-0.2, 0) is 6.18 Å². The van der Waals surface area contributed by atoms with Crippen LogP contribution in [0.3, 0.4) is 0 Å². The molecule has 1 unspecified atom stereocenters. The number of nitrogens with one attached hydrogen (secondary N) is 1. The summed E-state index contributed by atoms with van der Waals surface area (Å²) in [7, 11) is 0. The van der Waals surface area contributed by atoms with Crippen LogP contribution in [0.15, 0.2) is 12.1 Å². The lowest BCUT2D eigenvalue weighted by Gasteiger charge is -2.30. The summed E-state index contributed by atoms with van der Waals surface area (Å²) in [6.07, 6.45) is 2.34. The maximum Gasteiger partial charge on any atom is 0.416 e. The molecule has 0 radical (unpaired) electrons. The normalized spacial score (nSPS) is 18.5. The molecule has 1 atom stereocenters. The van der Waals surface area contributed by atoms with Crippen molar-refractivity contribution >= 4 is 17.4 Å². The van der Waals surface area contributed by atoms with Crippen LogP contribution in [-0.4, -0.2) is 11.0 Å². The second kappa shape index (κ2) is 6.86. The largest absolute Gasteiger partial charge is 0.416 e. The van der Waals surface area contributed by atoms with Crippen molar-refractivity contribution in [2.45, 2.75) is 57.7 Å². The van der Waals surface area contributed by atoms with E-state index in [1.165, 1.54) is 19.3 Å². The molecule has 1 aliphatic carbocycles. The number of alkyl halides is 3. The Morgan fingerprint density at radius 2 is 1.95 bits per heavy atom. The zero-order valence-electron chi connectivity index (χ0n) is 12.0. The lowest BCUT2D eigenvalue weighted by molar-refractivity contribution is -0.137. The molecule has 0 spiro atoms. The Morgan fingerprint density at radius 3 is 2.52 bits per heavy atom. The molecule has 1 aromatic heterocycles. The van der Waals surface area contributed by atoms with E-state index in [0.29, 0.717) is 5.92 Å². The monoisotopic (exact) mass is 320 g/mol. The highest BCUT2D eigenvalue weighted by Crippen LogP contribution is 2.33. The summed E-state index contributed by atoms with van der Waals surface area (Å²) in [4.78, 5) is 3.98. The zero-order chi connectivity index (χ0) is 15.5. The molecule has 2 rings (SSSR count). The van der Waals surface area contributed by atoms with Gasteiger partial charge in [-0.25, -0.2) is 4.98 Å². The Balaban J connectivity index is 2.15. The first kappa shape index (κ1) is 16.4. The minimum atomic E-state index is -4.41. The van der Waals surface area contributed by atoms with Crippen LogP contribution >= 0.6 is 11.6 Å². The van der Waals surface area contributed by atoms with Gasteiger partial charge in [0, 0.05) is 6.04 Å². The minimum Gasteiger partial charge on any atom is -0.367 e. The van der Waals surface area contributed by atoms with Gasteiger partial charge in [-0.05, 0) is 37.3 Å². The molecule has 0 bridgehead atoms. The van der Waals surface area contributed by atoms with Crippen LogP contribution in [0.25, 0.3) is 0 Å². The van der Waals surface area contributed by atoms with Crippen LogP contribution in [0.2, 0.25) is 5.15 Å². The lowest BCUT2D eigenvalue weighted by atomic mass is 9.83. The molecule has 0 aromatic carbocycles.